The Bertz CT molecular complexity index is 418. The molecule has 0 aromatic heterocycles. The molecule has 0 unspecified atom stereocenters. The van der Waals surface area contributed by atoms with E-state index < -0.39 is 5.97 Å². The molecule has 0 aliphatic rings. The fraction of sp³-hybridized carbons (Fsp3) is 0.500. The van der Waals surface area contributed by atoms with Gasteiger partial charge in [-0.3, -0.25) is 0 Å². The van der Waals surface area contributed by atoms with Gasteiger partial charge in [-0.25, -0.2) is 4.79 Å². The molecule has 18 heavy (non-hydrogen) atoms. The minimum absolute atomic E-state index is 0.0975. The number of nitrogens with two attached hydrogens (primary N) is 1. The van der Waals surface area contributed by atoms with Crippen molar-refractivity contribution < 1.29 is 9.90 Å². The molecule has 1 aromatic carbocycles. The molecule has 0 heterocycles. The Balaban J connectivity index is 3.20. The van der Waals surface area contributed by atoms with Gasteiger partial charge in [-0.05, 0) is 31.4 Å². The number of para-hydroxylation sites is 1. The standard InChI is InChI=1S/C14H22N2O2/c1-4-14(5-2,6-3)16-12-10(13(17)18)8-7-9-11(12)15/h7-9,16H,4-6,15H2,1-3H3,(H,17,18). The van der Waals surface area contributed by atoms with Crippen LogP contribution in [-0.2, 0) is 0 Å². The Hall–Kier alpha value is -1.71. The molecule has 0 aliphatic carbocycles. The molecule has 1 rings (SSSR count). The molecule has 100 valence electrons. The van der Waals surface area contributed by atoms with Crippen molar-refractivity contribution in [3.63, 3.8) is 0 Å². The van der Waals surface area contributed by atoms with Gasteiger partial charge in [-0.1, -0.05) is 26.8 Å². The number of nitrogen functional groups attached to an aromatic ring is 1. The lowest BCUT2D eigenvalue weighted by Gasteiger charge is -2.34. The van der Waals surface area contributed by atoms with Crippen LogP contribution in [0.2, 0.25) is 0 Å². The number of benzene rings is 1. The van der Waals surface area contributed by atoms with Crippen molar-refractivity contribution in [2.24, 2.45) is 0 Å². The van der Waals surface area contributed by atoms with Crippen LogP contribution in [0.4, 0.5) is 11.4 Å². The molecule has 4 N–H and O–H groups in total. The highest BCUT2D eigenvalue weighted by Crippen LogP contribution is 2.31. The number of nitrogens with one attached hydrogen (secondary N) is 1. The van der Waals surface area contributed by atoms with Crippen molar-refractivity contribution >= 4 is 17.3 Å². The van der Waals surface area contributed by atoms with E-state index in [9.17, 15) is 9.90 Å². The molecular formula is C14H22N2O2. The van der Waals surface area contributed by atoms with Crippen molar-refractivity contribution in [2.75, 3.05) is 11.1 Å². The Labute approximate surface area is 108 Å². The van der Waals surface area contributed by atoms with E-state index in [1.165, 1.54) is 0 Å². The van der Waals surface area contributed by atoms with E-state index >= 15 is 0 Å². The van der Waals surface area contributed by atoms with Gasteiger partial charge in [0, 0.05) is 5.54 Å². The Kier molecular flexibility index (Phi) is 4.59. The fourth-order valence-electron chi connectivity index (χ4n) is 2.17. The molecule has 0 fully saturated rings. The maximum Gasteiger partial charge on any atom is 0.337 e. The van der Waals surface area contributed by atoms with E-state index in [-0.39, 0.29) is 11.1 Å². The van der Waals surface area contributed by atoms with E-state index in [4.69, 9.17) is 5.73 Å². The van der Waals surface area contributed by atoms with E-state index in [1.807, 2.05) is 0 Å². The molecule has 0 spiro atoms. The van der Waals surface area contributed by atoms with Crippen LogP contribution >= 0.6 is 0 Å². The van der Waals surface area contributed by atoms with Gasteiger partial charge in [0.25, 0.3) is 0 Å². The van der Waals surface area contributed by atoms with Crippen molar-refractivity contribution in [2.45, 2.75) is 45.6 Å². The van der Waals surface area contributed by atoms with Gasteiger partial charge in [0.2, 0.25) is 0 Å². The van der Waals surface area contributed by atoms with Gasteiger partial charge in [0.1, 0.15) is 0 Å². The van der Waals surface area contributed by atoms with E-state index in [2.05, 4.69) is 26.1 Å². The molecule has 0 saturated carbocycles. The minimum atomic E-state index is -0.956. The van der Waals surface area contributed by atoms with Crippen LogP contribution in [0.15, 0.2) is 18.2 Å². The SMILES string of the molecule is CCC(CC)(CC)Nc1c(N)cccc1C(=O)O. The first-order valence-corrected chi connectivity index (χ1v) is 6.39. The first-order chi connectivity index (χ1) is 8.49. The summed E-state index contributed by atoms with van der Waals surface area (Å²) in [7, 11) is 0. The second-order valence-electron chi connectivity index (χ2n) is 4.54. The van der Waals surface area contributed by atoms with Crippen molar-refractivity contribution in [3.8, 4) is 0 Å². The van der Waals surface area contributed by atoms with Crippen LogP contribution in [0.5, 0.6) is 0 Å². The molecule has 4 nitrogen and oxygen atoms in total. The highest BCUT2D eigenvalue weighted by atomic mass is 16.4. The number of hydrogen-bond acceptors (Lipinski definition) is 3. The predicted octanol–water partition coefficient (Wildman–Crippen LogP) is 3.35. The monoisotopic (exact) mass is 250 g/mol. The van der Waals surface area contributed by atoms with Gasteiger partial charge < -0.3 is 16.2 Å². The topological polar surface area (TPSA) is 75.3 Å². The second kappa shape index (κ2) is 5.76. The highest BCUT2D eigenvalue weighted by molar-refractivity contribution is 5.97. The summed E-state index contributed by atoms with van der Waals surface area (Å²) in [5.41, 5.74) is 7.06. The highest BCUT2D eigenvalue weighted by Gasteiger charge is 2.26. The molecule has 0 saturated heterocycles. The van der Waals surface area contributed by atoms with Crippen molar-refractivity contribution in [1.82, 2.24) is 0 Å². The fourth-order valence-corrected chi connectivity index (χ4v) is 2.17. The van der Waals surface area contributed by atoms with Crippen LogP contribution < -0.4 is 11.1 Å². The van der Waals surface area contributed by atoms with Gasteiger partial charge in [-0.15, -0.1) is 0 Å². The quantitative estimate of drug-likeness (QED) is 0.677. The van der Waals surface area contributed by atoms with Crippen LogP contribution in [0.25, 0.3) is 0 Å². The summed E-state index contributed by atoms with van der Waals surface area (Å²) >= 11 is 0. The number of aromatic carboxylic acids is 1. The molecule has 0 aliphatic heterocycles. The third kappa shape index (κ3) is 2.75. The normalized spacial score (nSPS) is 11.3. The first kappa shape index (κ1) is 14.4. The summed E-state index contributed by atoms with van der Waals surface area (Å²) in [5.74, 6) is -0.956. The second-order valence-corrected chi connectivity index (χ2v) is 4.54. The number of carboxylic acid groups (broad SMARTS) is 1. The molecule has 1 aromatic rings. The van der Waals surface area contributed by atoms with Crippen molar-refractivity contribution in [1.29, 1.82) is 0 Å². The Morgan fingerprint density at radius 1 is 1.28 bits per heavy atom. The Morgan fingerprint density at radius 2 is 1.83 bits per heavy atom. The third-order valence-electron chi connectivity index (χ3n) is 3.75. The molecular weight excluding hydrogens is 228 g/mol. The summed E-state index contributed by atoms with van der Waals surface area (Å²) in [5, 5.41) is 12.6. The minimum Gasteiger partial charge on any atom is -0.478 e. The predicted molar refractivity (Wildman–Crippen MR) is 75.0 cm³/mol. The van der Waals surface area contributed by atoms with Gasteiger partial charge in [-0.2, -0.15) is 0 Å². The average molecular weight is 250 g/mol. The molecule has 0 atom stereocenters. The average Bonchev–Trinajstić information content (AvgIpc) is 2.37. The third-order valence-corrected chi connectivity index (χ3v) is 3.75. The summed E-state index contributed by atoms with van der Waals surface area (Å²) in [6.07, 6.45) is 2.77. The molecule has 0 bridgehead atoms. The van der Waals surface area contributed by atoms with Gasteiger partial charge >= 0.3 is 5.97 Å². The van der Waals surface area contributed by atoms with Crippen LogP contribution in [0, 0.1) is 0 Å². The summed E-state index contributed by atoms with van der Waals surface area (Å²) in [6, 6.07) is 4.96. The smallest absolute Gasteiger partial charge is 0.337 e. The maximum absolute atomic E-state index is 11.2. The van der Waals surface area contributed by atoms with Crippen LogP contribution in [0.3, 0.4) is 0 Å². The van der Waals surface area contributed by atoms with Gasteiger partial charge in [0.05, 0.1) is 16.9 Å². The Morgan fingerprint density at radius 3 is 2.28 bits per heavy atom. The number of carbonyl (C=O) groups is 1. The van der Waals surface area contributed by atoms with Crippen molar-refractivity contribution in [3.05, 3.63) is 23.8 Å². The number of anilines is 2. The lowest BCUT2D eigenvalue weighted by atomic mass is 9.89. The number of rotatable bonds is 6. The lowest BCUT2D eigenvalue weighted by molar-refractivity contribution is 0.0698. The zero-order chi connectivity index (χ0) is 13.8. The molecule has 0 radical (unpaired) electrons. The molecule has 4 heteroatoms. The van der Waals surface area contributed by atoms with Crippen LogP contribution in [-0.4, -0.2) is 16.6 Å². The largest absolute Gasteiger partial charge is 0.478 e. The van der Waals surface area contributed by atoms with E-state index in [1.54, 1.807) is 18.2 Å². The van der Waals surface area contributed by atoms with E-state index in [0.29, 0.717) is 11.4 Å². The lowest BCUT2D eigenvalue weighted by Crippen LogP contribution is -2.37. The van der Waals surface area contributed by atoms with E-state index in [0.717, 1.165) is 19.3 Å². The van der Waals surface area contributed by atoms with Gasteiger partial charge in [0.15, 0.2) is 0 Å². The zero-order valence-electron chi connectivity index (χ0n) is 11.3. The first-order valence-electron chi connectivity index (χ1n) is 6.39. The maximum atomic E-state index is 11.2. The summed E-state index contributed by atoms with van der Waals surface area (Å²) < 4.78 is 0. The van der Waals surface area contributed by atoms with Crippen LogP contribution in [0.1, 0.15) is 50.4 Å². The zero-order valence-corrected chi connectivity index (χ0v) is 11.3. The summed E-state index contributed by atoms with van der Waals surface area (Å²) in [4.78, 5) is 11.2. The summed E-state index contributed by atoms with van der Waals surface area (Å²) in [6.45, 7) is 6.29. The number of hydrogen-bond donors (Lipinski definition) is 3. The number of carboxylic acids is 1. The molecule has 0 amide bonds.